The topological polar surface area (TPSA) is 0 Å². The van der Waals surface area contributed by atoms with Crippen molar-refractivity contribution in [3.05, 3.63) is 79.9 Å². The van der Waals surface area contributed by atoms with Crippen molar-refractivity contribution in [3.8, 4) is 0 Å². The van der Waals surface area contributed by atoms with Gasteiger partial charge in [0, 0.05) is 0 Å². The molecule has 2 unspecified atom stereocenters. The number of allylic oxidation sites excluding steroid dienone is 2. The largest absolute Gasteiger partial charge is 1.00 e. The Morgan fingerprint density at radius 2 is 0.886 bits per heavy atom. The van der Waals surface area contributed by atoms with Gasteiger partial charge < -0.3 is 24.8 Å². The minimum absolute atomic E-state index is 0. The smallest absolute Gasteiger partial charge is 1.00 e. The van der Waals surface area contributed by atoms with Crippen LogP contribution < -0.4 is 24.8 Å². The summed E-state index contributed by atoms with van der Waals surface area (Å²) in [5, 5.41) is 0. The molecule has 0 bridgehead atoms. The summed E-state index contributed by atoms with van der Waals surface area (Å²) in [5.41, 5.74) is 15.9. The van der Waals surface area contributed by atoms with Crippen molar-refractivity contribution in [2.45, 2.75) is 100 Å². The van der Waals surface area contributed by atoms with Crippen LogP contribution in [-0.2, 0) is 22.9 Å². The first kappa shape index (κ1) is 30.6. The molecule has 3 heteroatoms. The van der Waals surface area contributed by atoms with Crippen molar-refractivity contribution in [1.29, 1.82) is 0 Å². The van der Waals surface area contributed by atoms with E-state index < -0.39 is 22.9 Å². The van der Waals surface area contributed by atoms with E-state index in [1.54, 1.807) is 44.5 Å². The van der Waals surface area contributed by atoms with Crippen LogP contribution >= 0.6 is 0 Å². The molecule has 2 aromatic rings. The van der Waals surface area contributed by atoms with Gasteiger partial charge in [-0.05, 0) is 0 Å². The third kappa shape index (κ3) is 5.78. The van der Waals surface area contributed by atoms with Crippen LogP contribution in [0.3, 0.4) is 0 Å². The van der Waals surface area contributed by atoms with Crippen LogP contribution in [0.4, 0.5) is 0 Å². The van der Waals surface area contributed by atoms with E-state index in [9.17, 15) is 0 Å². The monoisotopic (exact) mass is 676 g/mol. The maximum absolute atomic E-state index is 2.58. The molecule has 0 amide bonds. The van der Waals surface area contributed by atoms with Crippen molar-refractivity contribution in [2.75, 3.05) is 0 Å². The fourth-order valence-corrected chi connectivity index (χ4v) is 12.3. The summed E-state index contributed by atoms with van der Waals surface area (Å²) in [4.78, 5) is 0. The third-order valence-electron chi connectivity index (χ3n) is 7.72. The zero-order valence-electron chi connectivity index (χ0n) is 23.2. The zero-order valence-corrected chi connectivity index (χ0v) is 28.3. The van der Waals surface area contributed by atoms with Gasteiger partial charge in [-0.25, -0.2) is 0 Å². The maximum Gasteiger partial charge on any atom is -1.00 e. The van der Waals surface area contributed by atoms with Crippen molar-refractivity contribution < 1.29 is 47.7 Å². The molecule has 4 rings (SSSR count). The normalized spacial score (nSPS) is 18.2. The fraction of sp³-hybridized carbons (Fsp3) is 0.500. The first-order chi connectivity index (χ1) is 15.5. The number of benzene rings is 2. The Kier molecular flexibility index (Phi) is 10.3. The van der Waals surface area contributed by atoms with Gasteiger partial charge in [-0.1, -0.05) is 0 Å². The molecule has 2 aromatic carbocycles. The molecule has 0 aliphatic heterocycles. The summed E-state index contributed by atoms with van der Waals surface area (Å²) in [6, 6.07) is 10.1. The van der Waals surface area contributed by atoms with Gasteiger partial charge in [-0.2, -0.15) is 0 Å². The molecule has 0 saturated carbocycles. The number of hydrogen-bond acceptors (Lipinski definition) is 0. The third-order valence-corrected chi connectivity index (χ3v) is 15.6. The summed E-state index contributed by atoms with van der Waals surface area (Å²) in [6.07, 6.45) is 5.09. The van der Waals surface area contributed by atoms with E-state index >= 15 is 0 Å². The van der Waals surface area contributed by atoms with Crippen LogP contribution in [0.5, 0.6) is 0 Å². The molecule has 0 heterocycles. The van der Waals surface area contributed by atoms with Crippen LogP contribution in [0, 0.1) is 0 Å². The van der Waals surface area contributed by atoms with Crippen molar-refractivity contribution >= 4 is 12.2 Å². The number of halogens is 2. The number of hydrogen-bond donors (Lipinski definition) is 0. The molecule has 0 saturated heterocycles. The second-order valence-electron chi connectivity index (χ2n) is 11.7. The molecule has 0 spiro atoms. The van der Waals surface area contributed by atoms with Gasteiger partial charge in [0.05, 0.1) is 0 Å². The minimum Gasteiger partial charge on any atom is -1.00 e. The van der Waals surface area contributed by atoms with Gasteiger partial charge >= 0.3 is 215 Å². The van der Waals surface area contributed by atoms with E-state index in [1.807, 2.05) is 0 Å². The van der Waals surface area contributed by atoms with E-state index in [1.165, 1.54) is 11.1 Å². The van der Waals surface area contributed by atoms with Crippen molar-refractivity contribution in [1.82, 2.24) is 0 Å². The van der Waals surface area contributed by atoms with Crippen LogP contribution in [0.2, 0.25) is 0 Å². The average Bonchev–Trinajstić information content (AvgIpc) is 3.22. The maximum atomic E-state index is 2.58. The van der Waals surface area contributed by atoms with E-state index in [-0.39, 0.29) is 24.8 Å². The van der Waals surface area contributed by atoms with Gasteiger partial charge in [0.2, 0.25) is 0 Å². The predicted molar refractivity (Wildman–Crippen MR) is 142 cm³/mol. The molecule has 2 aliphatic carbocycles. The Hall–Kier alpha value is -0.630. The standard InChI is InChI=1S/2C16H21.2ClH.Hf/c2*1-10(2)13-8-14-6-12(5)7-16(14)15(9-13)11(3)4;;;/h2*6-11H,1-5H3;2*1H;/q;;;;+2/p-2. The van der Waals surface area contributed by atoms with Crippen LogP contribution in [-0.4, -0.2) is 0 Å². The molecule has 35 heavy (non-hydrogen) atoms. The minimum atomic E-state index is -1.10. The Labute approximate surface area is 238 Å². The molecule has 0 nitrogen and oxygen atoms in total. The van der Waals surface area contributed by atoms with Crippen LogP contribution in [0.25, 0.3) is 12.2 Å². The van der Waals surface area contributed by atoms with Gasteiger partial charge in [-0.3, -0.25) is 0 Å². The van der Waals surface area contributed by atoms with Gasteiger partial charge in [-0.15, -0.1) is 0 Å². The molecule has 0 fully saturated rings. The molecule has 0 radical (unpaired) electrons. The van der Waals surface area contributed by atoms with Crippen LogP contribution in [0.15, 0.2) is 35.4 Å². The van der Waals surface area contributed by atoms with E-state index in [2.05, 4.69) is 106 Å². The summed E-state index contributed by atoms with van der Waals surface area (Å²) < 4.78 is 1.42. The summed E-state index contributed by atoms with van der Waals surface area (Å²) in [6.45, 7) is 23.7. The van der Waals surface area contributed by atoms with Crippen molar-refractivity contribution in [2.24, 2.45) is 0 Å². The quantitative estimate of drug-likeness (QED) is 0.408. The summed E-state index contributed by atoms with van der Waals surface area (Å²) >= 11 is -1.10. The number of fused-ring (bicyclic) bond motifs is 2. The Morgan fingerprint density at radius 1 is 0.543 bits per heavy atom. The second-order valence-corrected chi connectivity index (χ2v) is 17.0. The van der Waals surface area contributed by atoms with Gasteiger partial charge in [0.25, 0.3) is 0 Å². The van der Waals surface area contributed by atoms with E-state index in [0.717, 1.165) is 0 Å². The number of rotatable bonds is 6. The van der Waals surface area contributed by atoms with E-state index in [4.69, 9.17) is 0 Å². The average molecular weight is 676 g/mol. The predicted octanol–water partition coefficient (Wildman–Crippen LogP) is 3.89. The molecular formula is C32H42Cl2Hf. The van der Waals surface area contributed by atoms with Crippen LogP contribution in [0.1, 0.15) is 145 Å². The molecular weight excluding hydrogens is 634 g/mol. The second kappa shape index (κ2) is 11.8. The molecule has 0 N–H and O–H groups in total. The van der Waals surface area contributed by atoms with Gasteiger partial charge in [0.1, 0.15) is 0 Å². The Balaban J connectivity index is 0.00000216. The van der Waals surface area contributed by atoms with Crippen molar-refractivity contribution in [3.63, 3.8) is 0 Å². The first-order valence-corrected chi connectivity index (χ1v) is 17.1. The van der Waals surface area contributed by atoms with E-state index in [0.29, 0.717) is 31.0 Å². The van der Waals surface area contributed by atoms with Gasteiger partial charge in [0.15, 0.2) is 0 Å². The zero-order chi connectivity index (χ0) is 24.2. The molecule has 188 valence electrons. The summed E-state index contributed by atoms with van der Waals surface area (Å²) in [7, 11) is 0. The Morgan fingerprint density at radius 3 is 1.17 bits per heavy atom. The molecule has 2 aliphatic rings. The SMILES string of the molecule is CC1=Cc2c(C(C)C)cc(C(C)C)cc2[CH]1[Hf+2][CH]1C(C)=Cc2c(C(C)C)cc(C(C)C)cc21.[Cl-].[Cl-]. The summed E-state index contributed by atoms with van der Waals surface area (Å²) in [5.74, 6) is 2.31. The molecule has 0 aromatic heterocycles. The Bertz CT molecular complexity index is 1050. The molecule has 2 atom stereocenters. The fourth-order valence-electron chi connectivity index (χ4n) is 5.60. The first-order valence-electron chi connectivity index (χ1n) is 13.0.